The molecule has 3 fully saturated rings. The van der Waals surface area contributed by atoms with E-state index in [1.165, 1.54) is 32.4 Å². The van der Waals surface area contributed by atoms with Crippen molar-refractivity contribution in [1.29, 1.82) is 0 Å². The Kier molecular flexibility index (Phi) is 2.87. The molecule has 17 heavy (non-hydrogen) atoms. The SMILES string of the molecule is NCCC1(CN2CCCC3C(=O)NCC32)CC1. The second-order valence-corrected chi connectivity index (χ2v) is 6.07. The van der Waals surface area contributed by atoms with Gasteiger partial charge in [0.1, 0.15) is 0 Å². The van der Waals surface area contributed by atoms with E-state index in [0.29, 0.717) is 11.5 Å². The summed E-state index contributed by atoms with van der Waals surface area (Å²) in [5.41, 5.74) is 6.21. The van der Waals surface area contributed by atoms with Gasteiger partial charge in [-0.2, -0.15) is 0 Å². The van der Waals surface area contributed by atoms with Gasteiger partial charge in [-0.25, -0.2) is 0 Å². The first kappa shape index (κ1) is 11.5. The van der Waals surface area contributed by atoms with E-state index in [1.807, 2.05) is 0 Å². The van der Waals surface area contributed by atoms with Crippen LogP contribution >= 0.6 is 0 Å². The molecule has 2 unspecified atom stereocenters. The van der Waals surface area contributed by atoms with E-state index in [1.54, 1.807) is 0 Å². The topological polar surface area (TPSA) is 58.4 Å². The number of nitrogens with zero attached hydrogens (tertiary/aromatic N) is 1. The molecule has 0 aromatic heterocycles. The Morgan fingerprint density at radius 3 is 3.00 bits per heavy atom. The van der Waals surface area contributed by atoms with Crippen molar-refractivity contribution in [2.24, 2.45) is 17.1 Å². The van der Waals surface area contributed by atoms with Crippen molar-refractivity contribution < 1.29 is 4.79 Å². The van der Waals surface area contributed by atoms with E-state index in [2.05, 4.69) is 10.2 Å². The van der Waals surface area contributed by atoms with Crippen LogP contribution in [-0.2, 0) is 4.79 Å². The molecule has 0 radical (unpaired) electrons. The fourth-order valence-electron chi connectivity index (χ4n) is 3.64. The summed E-state index contributed by atoms with van der Waals surface area (Å²) in [5.74, 6) is 0.542. The lowest BCUT2D eigenvalue weighted by Gasteiger charge is -2.38. The molecule has 4 heteroatoms. The molecule has 1 amide bonds. The van der Waals surface area contributed by atoms with Crippen molar-refractivity contribution in [3.63, 3.8) is 0 Å². The molecule has 96 valence electrons. The number of amides is 1. The second-order valence-electron chi connectivity index (χ2n) is 6.07. The van der Waals surface area contributed by atoms with Crippen LogP contribution in [0.15, 0.2) is 0 Å². The summed E-state index contributed by atoms with van der Waals surface area (Å²) in [6.45, 7) is 4.00. The number of hydrogen-bond donors (Lipinski definition) is 2. The van der Waals surface area contributed by atoms with Crippen LogP contribution in [0, 0.1) is 11.3 Å². The summed E-state index contributed by atoms with van der Waals surface area (Å²) in [5, 5.41) is 3.02. The Bertz CT molecular complexity index is 314. The number of carbonyl (C=O) groups is 1. The first-order valence-corrected chi connectivity index (χ1v) is 6.96. The van der Waals surface area contributed by atoms with Crippen LogP contribution < -0.4 is 11.1 Å². The van der Waals surface area contributed by atoms with Crippen molar-refractivity contribution in [3.05, 3.63) is 0 Å². The highest BCUT2D eigenvalue weighted by atomic mass is 16.2. The van der Waals surface area contributed by atoms with Crippen molar-refractivity contribution in [1.82, 2.24) is 10.2 Å². The van der Waals surface area contributed by atoms with Gasteiger partial charge >= 0.3 is 0 Å². The van der Waals surface area contributed by atoms with Gasteiger partial charge in [-0.05, 0) is 50.6 Å². The molecule has 4 nitrogen and oxygen atoms in total. The number of piperidine rings is 1. The lowest BCUT2D eigenvalue weighted by atomic mass is 9.89. The van der Waals surface area contributed by atoms with E-state index in [0.717, 1.165) is 25.9 Å². The van der Waals surface area contributed by atoms with Gasteiger partial charge in [0.05, 0.1) is 5.92 Å². The highest BCUT2D eigenvalue weighted by molar-refractivity contribution is 5.82. The minimum atomic E-state index is 0.262. The monoisotopic (exact) mass is 237 g/mol. The zero-order valence-corrected chi connectivity index (χ0v) is 10.5. The van der Waals surface area contributed by atoms with Crippen molar-refractivity contribution >= 4 is 5.91 Å². The minimum absolute atomic E-state index is 0.262. The van der Waals surface area contributed by atoms with Gasteiger partial charge < -0.3 is 11.1 Å². The molecule has 3 aliphatic rings. The Morgan fingerprint density at radius 1 is 1.47 bits per heavy atom. The fraction of sp³-hybridized carbons (Fsp3) is 0.923. The Balaban J connectivity index is 1.65. The molecular weight excluding hydrogens is 214 g/mol. The summed E-state index contributed by atoms with van der Waals surface area (Å²) >= 11 is 0. The van der Waals surface area contributed by atoms with Gasteiger partial charge in [-0.1, -0.05) is 0 Å². The number of nitrogens with one attached hydrogen (secondary N) is 1. The van der Waals surface area contributed by atoms with Gasteiger partial charge in [0.2, 0.25) is 5.91 Å². The first-order chi connectivity index (χ1) is 8.24. The van der Waals surface area contributed by atoms with Gasteiger partial charge in [0, 0.05) is 19.1 Å². The molecule has 2 aliphatic heterocycles. The zero-order valence-electron chi connectivity index (χ0n) is 10.5. The third-order valence-electron chi connectivity index (χ3n) is 4.89. The summed E-state index contributed by atoms with van der Waals surface area (Å²) in [6.07, 6.45) is 6.07. The van der Waals surface area contributed by atoms with E-state index >= 15 is 0 Å². The molecule has 0 bridgehead atoms. The van der Waals surface area contributed by atoms with Crippen LogP contribution in [0.25, 0.3) is 0 Å². The molecule has 0 aromatic rings. The average molecular weight is 237 g/mol. The van der Waals surface area contributed by atoms with Crippen LogP contribution in [0.4, 0.5) is 0 Å². The lowest BCUT2D eigenvalue weighted by Crippen LogP contribution is -2.48. The predicted octanol–water partition coefficient (Wildman–Crippen LogP) is 0.326. The number of rotatable bonds is 4. The standard InChI is InChI=1S/C13H23N3O/c14-6-5-13(3-4-13)9-16-7-1-2-10-11(16)8-15-12(10)17/h10-11H,1-9,14H2,(H,15,17). The molecule has 1 saturated carbocycles. The van der Waals surface area contributed by atoms with E-state index in [9.17, 15) is 4.79 Å². The van der Waals surface area contributed by atoms with Crippen molar-refractivity contribution in [2.45, 2.75) is 38.1 Å². The van der Waals surface area contributed by atoms with Gasteiger partial charge in [-0.15, -0.1) is 0 Å². The minimum Gasteiger partial charge on any atom is -0.354 e. The van der Waals surface area contributed by atoms with E-state index in [4.69, 9.17) is 5.73 Å². The van der Waals surface area contributed by atoms with Crippen LogP contribution in [0.1, 0.15) is 32.1 Å². The molecule has 1 aliphatic carbocycles. The maximum atomic E-state index is 11.7. The van der Waals surface area contributed by atoms with Gasteiger partial charge in [-0.3, -0.25) is 9.69 Å². The van der Waals surface area contributed by atoms with Crippen LogP contribution in [0.3, 0.4) is 0 Å². The zero-order chi connectivity index (χ0) is 11.9. The van der Waals surface area contributed by atoms with Crippen LogP contribution in [-0.4, -0.2) is 43.0 Å². The normalized spacial score (nSPS) is 35.5. The molecule has 2 saturated heterocycles. The van der Waals surface area contributed by atoms with Gasteiger partial charge in [0.25, 0.3) is 0 Å². The smallest absolute Gasteiger partial charge is 0.224 e. The maximum absolute atomic E-state index is 11.7. The van der Waals surface area contributed by atoms with E-state index < -0.39 is 0 Å². The molecule has 3 rings (SSSR count). The lowest BCUT2D eigenvalue weighted by molar-refractivity contribution is -0.124. The summed E-state index contributed by atoms with van der Waals surface area (Å²) in [6, 6.07) is 0.464. The quantitative estimate of drug-likeness (QED) is 0.740. The van der Waals surface area contributed by atoms with Crippen molar-refractivity contribution in [3.8, 4) is 0 Å². The summed E-state index contributed by atoms with van der Waals surface area (Å²) in [7, 11) is 0. The first-order valence-electron chi connectivity index (χ1n) is 6.96. The van der Waals surface area contributed by atoms with E-state index in [-0.39, 0.29) is 11.8 Å². The number of likely N-dealkylation sites (tertiary alicyclic amines) is 1. The maximum Gasteiger partial charge on any atom is 0.224 e. The molecule has 2 atom stereocenters. The highest BCUT2D eigenvalue weighted by Crippen LogP contribution is 2.50. The van der Waals surface area contributed by atoms with Gasteiger partial charge in [0.15, 0.2) is 0 Å². The fourth-order valence-corrected chi connectivity index (χ4v) is 3.64. The molecule has 3 N–H and O–H groups in total. The molecule has 2 heterocycles. The summed E-state index contributed by atoms with van der Waals surface area (Å²) in [4.78, 5) is 14.3. The number of hydrogen-bond acceptors (Lipinski definition) is 3. The Labute approximate surface area is 103 Å². The Hall–Kier alpha value is -0.610. The van der Waals surface area contributed by atoms with Crippen LogP contribution in [0.2, 0.25) is 0 Å². The molecule has 0 spiro atoms. The third-order valence-corrected chi connectivity index (χ3v) is 4.89. The largest absolute Gasteiger partial charge is 0.354 e. The molecule has 0 aromatic carbocycles. The molecular formula is C13H23N3O. The number of nitrogens with two attached hydrogens (primary N) is 1. The number of fused-ring (bicyclic) bond motifs is 1. The Morgan fingerprint density at radius 2 is 2.29 bits per heavy atom. The second kappa shape index (κ2) is 4.25. The highest BCUT2D eigenvalue weighted by Gasteiger charge is 2.47. The van der Waals surface area contributed by atoms with Crippen molar-refractivity contribution in [2.75, 3.05) is 26.2 Å². The summed E-state index contributed by atoms with van der Waals surface area (Å²) < 4.78 is 0. The van der Waals surface area contributed by atoms with Crippen LogP contribution in [0.5, 0.6) is 0 Å². The third kappa shape index (κ3) is 2.08. The predicted molar refractivity (Wildman–Crippen MR) is 66.4 cm³/mol. The number of carbonyl (C=O) groups excluding carboxylic acids is 1. The average Bonchev–Trinajstić information content (AvgIpc) is 2.96.